The summed E-state index contributed by atoms with van der Waals surface area (Å²) in [5.41, 5.74) is 0.916. The molecule has 1 amide bonds. The number of oxazole rings is 1. The maximum absolute atomic E-state index is 12.7. The number of aryl methyl sites for hydroxylation is 1. The Morgan fingerprint density at radius 3 is 3.13 bits per heavy atom. The quantitative estimate of drug-likeness (QED) is 0.867. The molecular weight excluding hydrogens is 312 g/mol. The zero-order valence-corrected chi connectivity index (χ0v) is 14.0. The molecule has 0 radical (unpaired) electrons. The summed E-state index contributed by atoms with van der Waals surface area (Å²) in [4.78, 5) is 21.2. The van der Waals surface area contributed by atoms with Gasteiger partial charge in [-0.25, -0.2) is 4.98 Å². The van der Waals surface area contributed by atoms with Crippen molar-refractivity contribution in [3.8, 4) is 0 Å². The van der Waals surface area contributed by atoms with Crippen LogP contribution in [-0.4, -0.2) is 35.5 Å². The molecule has 122 valence electrons. The highest BCUT2D eigenvalue weighted by atomic mass is 32.1. The molecule has 0 aromatic carbocycles. The van der Waals surface area contributed by atoms with Crippen LogP contribution in [0.2, 0.25) is 0 Å². The van der Waals surface area contributed by atoms with Crippen LogP contribution in [0.15, 0.2) is 16.5 Å². The molecule has 0 saturated carbocycles. The van der Waals surface area contributed by atoms with Crippen molar-refractivity contribution in [3.05, 3.63) is 39.2 Å². The molecule has 6 heteroatoms. The molecule has 2 aliphatic rings. The average molecular weight is 332 g/mol. The summed E-state index contributed by atoms with van der Waals surface area (Å²) in [5.74, 6) is 2.10. The topological polar surface area (TPSA) is 55.6 Å². The molecule has 2 aromatic rings. The third-order valence-corrected chi connectivity index (χ3v) is 5.75. The largest absolute Gasteiger partial charge is 0.445 e. The number of hydrogen-bond acceptors (Lipinski definition) is 5. The van der Waals surface area contributed by atoms with E-state index in [2.05, 4.69) is 11.9 Å². The van der Waals surface area contributed by atoms with Crippen molar-refractivity contribution in [2.24, 2.45) is 0 Å². The summed E-state index contributed by atoms with van der Waals surface area (Å²) in [6.07, 6.45) is 2.68. The zero-order valence-electron chi connectivity index (χ0n) is 13.2. The van der Waals surface area contributed by atoms with Crippen molar-refractivity contribution in [3.63, 3.8) is 0 Å². The van der Waals surface area contributed by atoms with Gasteiger partial charge in [0, 0.05) is 24.4 Å². The summed E-state index contributed by atoms with van der Waals surface area (Å²) >= 11 is 1.59. The normalized spacial score (nSPS) is 20.7. The Kier molecular flexibility index (Phi) is 3.95. The van der Waals surface area contributed by atoms with Gasteiger partial charge in [0.25, 0.3) is 5.91 Å². The van der Waals surface area contributed by atoms with E-state index < -0.39 is 0 Å². The monoisotopic (exact) mass is 332 g/mol. The fraction of sp³-hybridized carbons (Fsp3) is 0.529. The van der Waals surface area contributed by atoms with Crippen molar-refractivity contribution >= 4 is 17.2 Å². The first kappa shape index (κ1) is 14.9. The van der Waals surface area contributed by atoms with Crippen LogP contribution in [0.25, 0.3) is 0 Å². The maximum atomic E-state index is 12.7. The molecule has 1 fully saturated rings. The summed E-state index contributed by atoms with van der Waals surface area (Å²) in [5, 5.41) is 0. The SMILES string of the molecule is CCc1ccc(C(=O)N2CCc3oc(C4CCOC4)nc3C2)s1. The maximum Gasteiger partial charge on any atom is 0.264 e. The third-order valence-electron chi connectivity index (χ3n) is 4.53. The van der Waals surface area contributed by atoms with E-state index in [0.717, 1.165) is 48.1 Å². The first-order valence-corrected chi connectivity index (χ1v) is 9.00. The van der Waals surface area contributed by atoms with Crippen molar-refractivity contribution in [1.82, 2.24) is 9.88 Å². The first-order chi connectivity index (χ1) is 11.2. The second-order valence-electron chi connectivity index (χ2n) is 6.08. The molecule has 1 atom stereocenters. The first-order valence-electron chi connectivity index (χ1n) is 8.18. The number of rotatable bonds is 3. The Morgan fingerprint density at radius 1 is 1.48 bits per heavy atom. The van der Waals surface area contributed by atoms with E-state index >= 15 is 0 Å². The van der Waals surface area contributed by atoms with Gasteiger partial charge in [-0.2, -0.15) is 0 Å². The van der Waals surface area contributed by atoms with E-state index in [1.807, 2.05) is 17.0 Å². The number of thiophene rings is 1. The van der Waals surface area contributed by atoms with Crippen LogP contribution in [-0.2, 0) is 24.1 Å². The number of nitrogens with zero attached hydrogens (tertiary/aromatic N) is 2. The van der Waals surface area contributed by atoms with Crippen LogP contribution < -0.4 is 0 Å². The zero-order chi connectivity index (χ0) is 15.8. The van der Waals surface area contributed by atoms with E-state index in [0.29, 0.717) is 19.7 Å². The van der Waals surface area contributed by atoms with Gasteiger partial charge in [0.15, 0.2) is 5.89 Å². The lowest BCUT2D eigenvalue weighted by atomic mass is 10.1. The van der Waals surface area contributed by atoms with E-state index in [-0.39, 0.29) is 11.8 Å². The third kappa shape index (κ3) is 2.81. The van der Waals surface area contributed by atoms with Crippen molar-refractivity contribution < 1.29 is 13.9 Å². The summed E-state index contributed by atoms with van der Waals surface area (Å²) in [7, 11) is 0. The molecule has 1 unspecified atom stereocenters. The van der Waals surface area contributed by atoms with E-state index in [1.54, 1.807) is 11.3 Å². The van der Waals surface area contributed by atoms with Gasteiger partial charge in [0.2, 0.25) is 0 Å². The minimum absolute atomic E-state index is 0.106. The molecule has 2 aliphatic heterocycles. The van der Waals surface area contributed by atoms with Gasteiger partial charge in [-0.3, -0.25) is 4.79 Å². The van der Waals surface area contributed by atoms with Crippen molar-refractivity contribution in [2.75, 3.05) is 19.8 Å². The number of aromatic nitrogens is 1. The van der Waals surface area contributed by atoms with Crippen molar-refractivity contribution in [1.29, 1.82) is 0 Å². The molecule has 0 bridgehead atoms. The Balaban J connectivity index is 1.50. The lowest BCUT2D eigenvalue weighted by molar-refractivity contribution is 0.0733. The Labute approximate surface area is 139 Å². The molecule has 0 spiro atoms. The summed E-state index contributed by atoms with van der Waals surface area (Å²) in [6, 6.07) is 3.98. The van der Waals surface area contributed by atoms with Gasteiger partial charge in [-0.1, -0.05) is 6.92 Å². The van der Waals surface area contributed by atoms with E-state index in [1.165, 1.54) is 4.88 Å². The van der Waals surface area contributed by atoms with Gasteiger partial charge in [-0.05, 0) is 25.0 Å². The number of carbonyl (C=O) groups excluding carboxylic acids is 1. The number of carbonyl (C=O) groups is 1. The van der Waals surface area contributed by atoms with Crippen LogP contribution in [0.3, 0.4) is 0 Å². The van der Waals surface area contributed by atoms with Crippen LogP contribution >= 0.6 is 11.3 Å². The van der Waals surface area contributed by atoms with Crippen molar-refractivity contribution in [2.45, 2.75) is 38.6 Å². The van der Waals surface area contributed by atoms with Crippen LogP contribution in [0, 0.1) is 0 Å². The smallest absolute Gasteiger partial charge is 0.264 e. The molecule has 0 N–H and O–H groups in total. The van der Waals surface area contributed by atoms with Gasteiger partial charge < -0.3 is 14.1 Å². The Bertz CT molecular complexity index is 715. The summed E-state index contributed by atoms with van der Waals surface area (Å²) in [6.45, 7) is 4.82. The molecule has 1 saturated heterocycles. The van der Waals surface area contributed by atoms with Gasteiger partial charge >= 0.3 is 0 Å². The molecule has 2 aromatic heterocycles. The minimum Gasteiger partial charge on any atom is -0.445 e. The van der Waals surface area contributed by atoms with Crippen LogP contribution in [0.5, 0.6) is 0 Å². The molecule has 5 nitrogen and oxygen atoms in total. The molecule has 4 heterocycles. The fourth-order valence-electron chi connectivity index (χ4n) is 3.13. The fourth-order valence-corrected chi connectivity index (χ4v) is 4.05. The lowest BCUT2D eigenvalue weighted by Gasteiger charge is -2.24. The van der Waals surface area contributed by atoms with E-state index in [4.69, 9.17) is 9.15 Å². The predicted molar refractivity (Wildman–Crippen MR) is 86.8 cm³/mol. The van der Waals surface area contributed by atoms with E-state index in [9.17, 15) is 4.79 Å². The number of hydrogen-bond donors (Lipinski definition) is 0. The lowest BCUT2D eigenvalue weighted by Crippen LogP contribution is -2.35. The standard InChI is InChI=1S/C17H20N2O3S/c1-2-12-3-4-15(23-12)17(20)19-7-5-14-13(9-19)18-16(22-14)11-6-8-21-10-11/h3-4,11H,2,5-10H2,1H3. The number of fused-ring (bicyclic) bond motifs is 1. The molecule has 4 rings (SSSR count). The number of amides is 1. The Morgan fingerprint density at radius 2 is 2.39 bits per heavy atom. The average Bonchev–Trinajstić information content (AvgIpc) is 3.32. The second-order valence-corrected chi connectivity index (χ2v) is 7.25. The van der Waals surface area contributed by atoms with Crippen LogP contribution in [0.1, 0.15) is 51.2 Å². The highest BCUT2D eigenvalue weighted by molar-refractivity contribution is 7.14. The molecule has 23 heavy (non-hydrogen) atoms. The Hall–Kier alpha value is -1.66. The number of ether oxygens (including phenoxy) is 1. The van der Waals surface area contributed by atoms with Gasteiger partial charge in [0.1, 0.15) is 11.5 Å². The predicted octanol–water partition coefficient (Wildman–Crippen LogP) is 3.00. The highest BCUT2D eigenvalue weighted by Gasteiger charge is 2.30. The highest BCUT2D eigenvalue weighted by Crippen LogP contribution is 2.29. The molecule has 0 aliphatic carbocycles. The minimum atomic E-state index is 0.106. The summed E-state index contributed by atoms with van der Waals surface area (Å²) < 4.78 is 11.3. The van der Waals surface area contributed by atoms with Gasteiger partial charge in [0.05, 0.1) is 23.9 Å². The van der Waals surface area contributed by atoms with Crippen LogP contribution in [0.4, 0.5) is 0 Å². The molecular formula is C17H20N2O3S. The van der Waals surface area contributed by atoms with Gasteiger partial charge in [-0.15, -0.1) is 11.3 Å². The second kappa shape index (κ2) is 6.09.